The molecule has 1 aromatic heterocycles. The van der Waals surface area contributed by atoms with E-state index in [-0.39, 0.29) is 10.6 Å². The van der Waals surface area contributed by atoms with Crippen LogP contribution in [0.2, 0.25) is 0 Å². The van der Waals surface area contributed by atoms with Crippen molar-refractivity contribution in [3.8, 4) is 0 Å². The van der Waals surface area contributed by atoms with E-state index in [1.165, 1.54) is 0 Å². The number of rotatable bonds is 5. The highest BCUT2D eigenvalue weighted by molar-refractivity contribution is 5.59. The van der Waals surface area contributed by atoms with Gasteiger partial charge < -0.3 is 10.2 Å². The van der Waals surface area contributed by atoms with Crippen LogP contribution < -0.4 is 10.2 Å². The van der Waals surface area contributed by atoms with Crippen molar-refractivity contribution in [1.29, 1.82) is 0 Å². The first-order valence-corrected chi connectivity index (χ1v) is 7.73. The van der Waals surface area contributed by atoms with Gasteiger partial charge in [0.15, 0.2) is 0 Å². The van der Waals surface area contributed by atoms with Gasteiger partial charge in [-0.05, 0) is 57.2 Å². The Morgan fingerprint density at radius 3 is 2.71 bits per heavy atom. The van der Waals surface area contributed by atoms with Crippen LogP contribution in [-0.2, 0) is 0 Å². The molecule has 1 saturated heterocycles. The van der Waals surface area contributed by atoms with E-state index in [0.717, 1.165) is 50.9 Å². The Balaban J connectivity index is 1.85. The molecule has 0 radical (unpaired) electrons. The first kappa shape index (κ1) is 14.3. The van der Waals surface area contributed by atoms with Crippen molar-refractivity contribution in [3.63, 3.8) is 0 Å². The minimum Gasteiger partial charge on any atom is -0.348 e. The zero-order valence-electron chi connectivity index (χ0n) is 12.4. The Kier molecular flexibility index (Phi) is 4.05. The second kappa shape index (κ2) is 5.97. The van der Waals surface area contributed by atoms with E-state index in [1.54, 1.807) is 12.3 Å². The lowest BCUT2D eigenvalue weighted by atomic mass is 9.97. The molecule has 0 atom stereocenters. The molecule has 1 saturated carbocycles. The van der Waals surface area contributed by atoms with Gasteiger partial charge in [0, 0.05) is 24.8 Å². The molecule has 2 heterocycles. The van der Waals surface area contributed by atoms with Gasteiger partial charge >= 0.3 is 5.69 Å². The largest absolute Gasteiger partial charge is 0.348 e. The third-order valence-electron chi connectivity index (χ3n) is 4.35. The SMILES string of the molecule is Cc1cnc(N(CC2CCNCC2)C2CC2)c([N+](=O)[O-])c1. The van der Waals surface area contributed by atoms with Crippen molar-refractivity contribution in [2.24, 2.45) is 5.92 Å². The summed E-state index contributed by atoms with van der Waals surface area (Å²) in [7, 11) is 0. The lowest BCUT2D eigenvalue weighted by molar-refractivity contribution is -0.384. The van der Waals surface area contributed by atoms with E-state index in [0.29, 0.717) is 17.8 Å². The highest BCUT2D eigenvalue weighted by Crippen LogP contribution is 2.37. The summed E-state index contributed by atoms with van der Waals surface area (Å²) in [4.78, 5) is 17.6. The molecule has 0 aromatic carbocycles. The van der Waals surface area contributed by atoms with Crippen LogP contribution in [-0.4, -0.2) is 35.6 Å². The van der Waals surface area contributed by atoms with E-state index >= 15 is 0 Å². The molecular weight excluding hydrogens is 268 g/mol. The molecule has 6 nitrogen and oxygen atoms in total. The molecule has 1 aliphatic heterocycles. The average Bonchev–Trinajstić information content (AvgIpc) is 3.31. The lowest BCUT2D eigenvalue weighted by Crippen LogP contribution is -2.38. The minimum atomic E-state index is -0.298. The Bertz CT molecular complexity index is 524. The molecule has 21 heavy (non-hydrogen) atoms. The van der Waals surface area contributed by atoms with Crippen molar-refractivity contribution in [2.75, 3.05) is 24.5 Å². The molecule has 6 heteroatoms. The number of pyridine rings is 1. The third kappa shape index (κ3) is 3.32. The number of aromatic nitrogens is 1. The molecule has 1 aliphatic carbocycles. The quantitative estimate of drug-likeness (QED) is 0.665. The fraction of sp³-hybridized carbons (Fsp3) is 0.667. The van der Waals surface area contributed by atoms with E-state index < -0.39 is 0 Å². The van der Waals surface area contributed by atoms with Crippen LogP contribution in [0.5, 0.6) is 0 Å². The van der Waals surface area contributed by atoms with E-state index in [9.17, 15) is 10.1 Å². The standard InChI is InChI=1S/C15H22N4O2/c1-11-8-14(19(20)21)15(17-9-11)18(13-2-3-13)10-12-4-6-16-7-5-12/h8-9,12-13,16H,2-7,10H2,1H3. The highest BCUT2D eigenvalue weighted by atomic mass is 16.6. The number of nitrogens with one attached hydrogen (secondary N) is 1. The van der Waals surface area contributed by atoms with Gasteiger partial charge in [0.05, 0.1) is 4.92 Å². The predicted octanol–water partition coefficient (Wildman–Crippen LogP) is 2.27. The second-order valence-corrected chi connectivity index (χ2v) is 6.19. The van der Waals surface area contributed by atoms with Crippen LogP contribution in [0.25, 0.3) is 0 Å². The molecule has 2 aliphatic rings. The summed E-state index contributed by atoms with van der Waals surface area (Å²) in [6, 6.07) is 2.08. The minimum absolute atomic E-state index is 0.149. The lowest BCUT2D eigenvalue weighted by Gasteiger charge is -2.30. The topological polar surface area (TPSA) is 71.3 Å². The van der Waals surface area contributed by atoms with Crippen molar-refractivity contribution >= 4 is 11.5 Å². The summed E-state index contributed by atoms with van der Waals surface area (Å²) >= 11 is 0. The molecule has 2 fully saturated rings. The second-order valence-electron chi connectivity index (χ2n) is 6.19. The zero-order chi connectivity index (χ0) is 14.8. The number of piperidine rings is 1. The normalized spacial score (nSPS) is 19.5. The maximum Gasteiger partial charge on any atom is 0.311 e. The van der Waals surface area contributed by atoms with Gasteiger partial charge in [0.25, 0.3) is 0 Å². The van der Waals surface area contributed by atoms with Crippen LogP contribution in [0.15, 0.2) is 12.3 Å². The number of aryl methyl sites for hydroxylation is 1. The van der Waals surface area contributed by atoms with Crippen LogP contribution in [0, 0.1) is 23.0 Å². The van der Waals surface area contributed by atoms with E-state index in [1.807, 2.05) is 6.92 Å². The molecular formula is C15H22N4O2. The summed E-state index contributed by atoms with van der Waals surface area (Å²) < 4.78 is 0. The van der Waals surface area contributed by atoms with Gasteiger partial charge in [-0.1, -0.05) is 0 Å². The van der Waals surface area contributed by atoms with Gasteiger partial charge in [0.1, 0.15) is 0 Å². The maximum absolute atomic E-state index is 11.3. The van der Waals surface area contributed by atoms with E-state index in [4.69, 9.17) is 0 Å². The first-order chi connectivity index (χ1) is 10.1. The van der Waals surface area contributed by atoms with E-state index in [2.05, 4.69) is 15.2 Å². The number of nitrogens with zero attached hydrogens (tertiary/aromatic N) is 3. The van der Waals surface area contributed by atoms with Crippen molar-refractivity contribution in [3.05, 3.63) is 27.9 Å². The van der Waals surface area contributed by atoms with Crippen molar-refractivity contribution in [1.82, 2.24) is 10.3 Å². The van der Waals surface area contributed by atoms with Crippen molar-refractivity contribution < 1.29 is 4.92 Å². The van der Waals surface area contributed by atoms with Gasteiger partial charge in [0.2, 0.25) is 5.82 Å². The summed E-state index contributed by atoms with van der Waals surface area (Å²) in [6.45, 7) is 4.83. The summed E-state index contributed by atoms with van der Waals surface area (Å²) in [6.07, 6.45) is 6.27. The van der Waals surface area contributed by atoms with Crippen LogP contribution >= 0.6 is 0 Å². The molecule has 0 unspecified atom stereocenters. The Morgan fingerprint density at radius 1 is 1.38 bits per heavy atom. The number of hydrogen-bond donors (Lipinski definition) is 1. The van der Waals surface area contributed by atoms with Gasteiger partial charge in [-0.15, -0.1) is 0 Å². The van der Waals surface area contributed by atoms with Crippen LogP contribution in [0.3, 0.4) is 0 Å². The number of nitro groups is 1. The average molecular weight is 290 g/mol. The predicted molar refractivity (Wildman–Crippen MR) is 81.6 cm³/mol. The fourth-order valence-electron chi connectivity index (χ4n) is 3.04. The Morgan fingerprint density at radius 2 is 2.10 bits per heavy atom. The first-order valence-electron chi connectivity index (χ1n) is 7.73. The Labute approximate surface area is 124 Å². The number of anilines is 1. The Hall–Kier alpha value is -1.69. The smallest absolute Gasteiger partial charge is 0.311 e. The molecule has 1 N–H and O–H groups in total. The zero-order valence-corrected chi connectivity index (χ0v) is 12.4. The van der Waals surface area contributed by atoms with Gasteiger partial charge in [-0.25, -0.2) is 4.98 Å². The summed E-state index contributed by atoms with van der Waals surface area (Å²) in [5, 5.41) is 14.7. The fourth-order valence-corrected chi connectivity index (χ4v) is 3.04. The molecule has 0 bridgehead atoms. The van der Waals surface area contributed by atoms with Crippen LogP contribution in [0.1, 0.15) is 31.2 Å². The van der Waals surface area contributed by atoms with Crippen LogP contribution in [0.4, 0.5) is 11.5 Å². The molecule has 3 rings (SSSR count). The van der Waals surface area contributed by atoms with Crippen molar-refractivity contribution in [2.45, 2.75) is 38.6 Å². The number of hydrogen-bond acceptors (Lipinski definition) is 5. The molecule has 0 amide bonds. The maximum atomic E-state index is 11.3. The van der Waals surface area contributed by atoms with Gasteiger partial charge in [-0.3, -0.25) is 10.1 Å². The molecule has 114 valence electrons. The summed E-state index contributed by atoms with van der Waals surface area (Å²) in [5.41, 5.74) is 0.985. The molecule has 1 aromatic rings. The highest BCUT2D eigenvalue weighted by Gasteiger charge is 2.35. The third-order valence-corrected chi connectivity index (χ3v) is 4.35. The monoisotopic (exact) mass is 290 g/mol. The summed E-state index contributed by atoms with van der Waals surface area (Å²) in [5.74, 6) is 1.17. The van der Waals surface area contributed by atoms with Gasteiger partial charge in [-0.2, -0.15) is 0 Å². The molecule has 0 spiro atoms.